The van der Waals surface area contributed by atoms with Gasteiger partial charge in [-0.1, -0.05) is 24.3 Å². The summed E-state index contributed by atoms with van der Waals surface area (Å²) in [6.45, 7) is 5.46. The van der Waals surface area contributed by atoms with Crippen molar-refractivity contribution in [2.75, 3.05) is 16.8 Å². The van der Waals surface area contributed by atoms with E-state index in [0.29, 0.717) is 12.6 Å². The number of aliphatic carboxylic acids is 1. The fraction of sp³-hybridized carbons (Fsp3) is 0.375. The molecule has 2 aromatic rings. The summed E-state index contributed by atoms with van der Waals surface area (Å²) >= 11 is 0. The summed E-state index contributed by atoms with van der Waals surface area (Å²) in [5.74, 6) is 0.587. The first-order valence-electron chi connectivity index (χ1n) is 10.8. The molecule has 2 aliphatic heterocycles. The minimum Gasteiger partial charge on any atom is -0.483 e. The van der Waals surface area contributed by atoms with Gasteiger partial charge in [0.1, 0.15) is 18.4 Å². The van der Waals surface area contributed by atoms with Crippen LogP contribution in [-0.4, -0.2) is 41.5 Å². The van der Waals surface area contributed by atoms with Crippen LogP contribution < -0.4 is 20.4 Å². The SMILES string of the molecule is CC(=O)O.Cc1ccccc1-c1cc2c(cc1NC1CCC1)N1C(=NNC(=O)[C@H]1C)CO2. The number of fused-ring (bicyclic) bond motifs is 3. The van der Waals surface area contributed by atoms with Crippen LogP contribution >= 0.6 is 0 Å². The van der Waals surface area contributed by atoms with Crippen molar-refractivity contribution in [3.8, 4) is 16.9 Å². The number of nitrogens with zero attached hydrogens (tertiary/aromatic N) is 2. The van der Waals surface area contributed by atoms with Gasteiger partial charge in [0.25, 0.3) is 11.9 Å². The van der Waals surface area contributed by atoms with Gasteiger partial charge in [0, 0.05) is 24.2 Å². The molecule has 3 N–H and O–H groups in total. The number of benzene rings is 2. The number of carbonyl (C=O) groups is 2. The molecule has 2 heterocycles. The predicted molar refractivity (Wildman–Crippen MR) is 124 cm³/mol. The van der Waals surface area contributed by atoms with Crippen molar-refractivity contribution in [3.05, 3.63) is 42.0 Å². The first-order valence-corrected chi connectivity index (χ1v) is 10.8. The molecule has 1 fully saturated rings. The van der Waals surface area contributed by atoms with E-state index in [0.717, 1.165) is 35.4 Å². The van der Waals surface area contributed by atoms with Crippen LogP contribution in [0.4, 0.5) is 11.4 Å². The van der Waals surface area contributed by atoms with Gasteiger partial charge in [0.2, 0.25) is 0 Å². The average Bonchev–Trinajstić information content (AvgIpc) is 2.72. The van der Waals surface area contributed by atoms with E-state index in [2.05, 4.69) is 59.2 Å². The zero-order valence-electron chi connectivity index (χ0n) is 18.5. The van der Waals surface area contributed by atoms with Gasteiger partial charge < -0.3 is 20.1 Å². The minimum absolute atomic E-state index is 0.104. The van der Waals surface area contributed by atoms with Crippen molar-refractivity contribution in [1.29, 1.82) is 0 Å². The molecule has 0 bridgehead atoms. The summed E-state index contributed by atoms with van der Waals surface area (Å²) < 4.78 is 6.03. The fourth-order valence-corrected chi connectivity index (χ4v) is 4.06. The van der Waals surface area contributed by atoms with Crippen LogP contribution in [0.15, 0.2) is 41.5 Å². The number of ether oxygens (including phenoxy) is 1. The Morgan fingerprint density at radius 2 is 1.97 bits per heavy atom. The molecule has 1 amide bonds. The summed E-state index contributed by atoms with van der Waals surface area (Å²) in [5, 5.41) is 15.3. The molecule has 2 aromatic carbocycles. The van der Waals surface area contributed by atoms with Crippen LogP contribution in [0.3, 0.4) is 0 Å². The van der Waals surface area contributed by atoms with E-state index in [1.165, 1.54) is 30.4 Å². The second-order valence-corrected chi connectivity index (χ2v) is 8.31. The fourth-order valence-electron chi connectivity index (χ4n) is 4.06. The maximum Gasteiger partial charge on any atom is 0.300 e. The Morgan fingerprint density at radius 1 is 1.25 bits per heavy atom. The van der Waals surface area contributed by atoms with Gasteiger partial charge in [0.05, 0.1) is 5.69 Å². The monoisotopic (exact) mass is 436 g/mol. The molecule has 0 spiro atoms. The molecule has 3 aliphatic rings. The molecular formula is C24H28N4O4. The minimum atomic E-state index is -0.833. The maximum atomic E-state index is 12.2. The third kappa shape index (κ3) is 4.26. The molecule has 5 rings (SSSR count). The van der Waals surface area contributed by atoms with Crippen molar-refractivity contribution >= 4 is 29.1 Å². The van der Waals surface area contributed by atoms with E-state index in [-0.39, 0.29) is 11.9 Å². The Bertz CT molecular complexity index is 1070. The predicted octanol–water partition coefficient (Wildman–Crippen LogP) is 3.75. The van der Waals surface area contributed by atoms with E-state index in [9.17, 15) is 4.79 Å². The van der Waals surface area contributed by atoms with Gasteiger partial charge >= 0.3 is 0 Å². The second-order valence-electron chi connectivity index (χ2n) is 8.31. The Hall–Kier alpha value is -3.55. The van der Waals surface area contributed by atoms with Gasteiger partial charge in [-0.15, -0.1) is 0 Å². The Kier molecular flexibility index (Phi) is 6.03. The average molecular weight is 437 g/mol. The van der Waals surface area contributed by atoms with E-state index >= 15 is 0 Å². The lowest BCUT2D eigenvalue weighted by Gasteiger charge is -2.39. The van der Waals surface area contributed by atoms with Gasteiger partial charge in [-0.25, -0.2) is 5.43 Å². The Morgan fingerprint density at radius 3 is 2.62 bits per heavy atom. The van der Waals surface area contributed by atoms with Crippen LogP contribution in [0.1, 0.15) is 38.7 Å². The van der Waals surface area contributed by atoms with Gasteiger partial charge in [0.15, 0.2) is 5.84 Å². The number of carbonyl (C=O) groups excluding carboxylic acids is 1. The number of anilines is 2. The normalized spacial score (nSPS) is 19.1. The largest absolute Gasteiger partial charge is 0.483 e. The number of nitrogens with one attached hydrogen (secondary N) is 2. The quantitative estimate of drug-likeness (QED) is 0.677. The first kappa shape index (κ1) is 21.7. The van der Waals surface area contributed by atoms with Gasteiger partial charge in [-0.2, -0.15) is 5.10 Å². The molecule has 0 radical (unpaired) electrons. The molecule has 0 saturated heterocycles. The molecule has 168 valence electrons. The number of hydrogen-bond donors (Lipinski definition) is 3. The maximum absolute atomic E-state index is 12.2. The van der Waals surface area contributed by atoms with Crippen molar-refractivity contribution in [2.24, 2.45) is 5.10 Å². The Balaban J connectivity index is 0.000000567. The van der Waals surface area contributed by atoms with E-state index in [1.54, 1.807) is 0 Å². The van der Waals surface area contributed by atoms with Crippen LogP contribution in [-0.2, 0) is 9.59 Å². The third-order valence-corrected chi connectivity index (χ3v) is 5.96. The summed E-state index contributed by atoms with van der Waals surface area (Å²) in [6.07, 6.45) is 3.65. The van der Waals surface area contributed by atoms with Crippen LogP contribution in [0.2, 0.25) is 0 Å². The van der Waals surface area contributed by atoms with Crippen LogP contribution in [0, 0.1) is 6.92 Å². The smallest absolute Gasteiger partial charge is 0.300 e. The highest BCUT2D eigenvalue weighted by Crippen LogP contribution is 2.44. The van der Waals surface area contributed by atoms with Crippen LogP contribution in [0.5, 0.6) is 5.75 Å². The van der Waals surface area contributed by atoms with Crippen molar-refractivity contribution in [1.82, 2.24) is 5.43 Å². The first-order chi connectivity index (χ1) is 15.3. The number of amidine groups is 1. The molecule has 32 heavy (non-hydrogen) atoms. The zero-order valence-corrected chi connectivity index (χ0v) is 18.5. The van der Waals surface area contributed by atoms with Crippen LogP contribution in [0.25, 0.3) is 11.1 Å². The van der Waals surface area contributed by atoms with Gasteiger partial charge in [-0.3, -0.25) is 9.59 Å². The topological polar surface area (TPSA) is 103 Å². The summed E-state index contributed by atoms with van der Waals surface area (Å²) in [4.78, 5) is 23.2. The highest BCUT2D eigenvalue weighted by Gasteiger charge is 2.36. The number of carboxylic acid groups (broad SMARTS) is 1. The zero-order chi connectivity index (χ0) is 22.8. The lowest BCUT2D eigenvalue weighted by atomic mass is 9.91. The van der Waals surface area contributed by atoms with E-state index in [1.807, 2.05) is 11.8 Å². The highest BCUT2D eigenvalue weighted by molar-refractivity contribution is 6.10. The highest BCUT2D eigenvalue weighted by atomic mass is 16.5. The standard InChI is InChI=1S/C22H24N4O2.C2H4O2/c1-13-6-3-4-9-16(13)17-10-20-19(11-18(17)23-15-7-5-8-15)26-14(2)22(27)25-24-21(26)12-28-20;1-2(3)4/h3-4,6,9-11,14-15,23H,5,7-8,12H2,1-2H3,(H,25,27);1H3,(H,3,4)/t14-;/m1./s1. The number of hydrogen-bond acceptors (Lipinski definition) is 6. The number of hydrazone groups is 1. The number of carboxylic acids is 1. The van der Waals surface area contributed by atoms with E-state index in [4.69, 9.17) is 14.6 Å². The lowest BCUT2D eigenvalue weighted by molar-refractivity contribution is -0.134. The third-order valence-electron chi connectivity index (χ3n) is 5.96. The molecule has 8 heteroatoms. The molecule has 8 nitrogen and oxygen atoms in total. The summed E-state index contributed by atoms with van der Waals surface area (Å²) in [6, 6.07) is 12.8. The van der Waals surface area contributed by atoms with Crippen molar-refractivity contribution in [3.63, 3.8) is 0 Å². The summed E-state index contributed by atoms with van der Waals surface area (Å²) in [5.41, 5.74) is 8.12. The molecule has 1 aliphatic carbocycles. The van der Waals surface area contributed by atoms with Crippen molar-refractivity contribution < 1.29 is 19.4 Å². The molecular weight excluding hydrogens is 408 g/mol. The second kappa shape index (κ2) is 8.90. The lowest BCUT2D eigenvalue weighted by Crippen LogP contribution is -2.55. The molecule has 0 unspecified atom stereocenters. The summed E-state index contributed by atoms with van der Waals surface area (Å²) in [7, 11) is 0. The number of aryl methyl sites for hydroxylation is 1. The van der Waals surface area contributed by atoms with Crippen molar-refractivity contribution in [2.45, 2.75) is 52.1 Å². The number of rotatable bonds is 3. The van der Waals surface area contributed by atoms with Gasteiger partial charge in [-0.05, 0) is 56.4 Å². The molecule has 0 aromatic heterocycles. The molecule has 1 atom stereocenters. The Labute approximate surface area is 187 Å². The molecule has 1 saturated carbocycles. The van der Waals surface area contributed by atoms with E-state index < -0.39 is 5.97 Å². The number of amides is 1.